The molecule has 114 valence electrons. The number of Topliss-reactive ketones (excluding diaryl/α,β-unsaturated/α-hetero) is 1. The summed E-state index contributed by atoms with van der Waals surface area (Å²) in [5.41, 5.74) is -0.444. The minimum atomic E-state index is -0.444. The molecule has 5 fully saturated rings. The molecule has 2 heterocycles. The molecule has 0 aromatic carbocycles. The molecular weight excluding hydrogens is 266 g/mol. The second-order valence-corrected chi connectivity index (χ2v) is 7.70. The average molecular weight is 289 g/mol. The molecule has 5 aliphatic rings. The molecule has 0 aromatic rings. The Balaban J connectivity index is 1.60. The van der Waals surface area contributed by atoms with E-state index in [1.54, 1.807) is 0 Å². The standard InChI is InChI=1S/C17H23NO3/c1-2-17-13-11-8-10(14(19)15(11)21-17)12(13)16(20)18(17)9-6-4-3-5-7-9/h9-13,15H,2-8H2,1H3. The summed E-state index contributed by atoms with van der Waals surface area (Å²) in [6.45, 7) is 2.13. The molecule has 2 saturated heterocycles. The maximum absolute atomic E-state index is 13.1. The second kappa shape index (κ2) is 3.89. The smallest absolute Gasteiger partial charge is 0.229 e. The third kappa shape index (κ3) is 1.24. The molecule has 4 heteroatoms. The Hall–Kier alpha value is -0.900. The maximum atomic E-state index is 13.1. The predicted octanol–water partition coefficient (Wildman–Crippen LogP) is 2.12. The zero-order valence-electron chi connectivity index (χ0n) is 12.6. The molecule has 6 atom stereocenters. The van der Waals surface area contributed by atoms with Gasteiger partial charge in [-0.1, -0.05) is 26.2 Å². The van der Waals surface area contributed by atoms with E-state index in [-0.39, 0.29) is 29.6 Å². The number of rotatable bonds is 2. The van der Waals surface area contributed by atoms with Crippen LogP contribution < -0.4 is 0 Å². The van der Waals surface area contributed by atoms with Crippen molar-refractivity contribution >= 4 is 11.7 Å². The number of likely N-dealkylation sites (tertiary alicyclic amines) is 1. The van der Waals surface area contributed by atoms with E-state index in [1.807, 2.05) is 0 Å². The lowest BCUT2D eigenvalue weighted by Gasteiger charge is -2.44. The Labute approximate surface area is 125 Å². The highest BCUT2D eigenvalue weighted by atomic mass is 16.5. The molecule has 0 aromatic heterocycles. The van der Waals surface area contributed by atoms with Crippen molar-refractivity contribution < 1.29 is 14.3 Å². The fourth-order valence-electron chi connectivity index (χ4n) is 6.40. The Morgan fingerprint density at radius 2 is 2.00 bits per heavy atom. The molecule has 3 saturated carbocycles. The first-order chi connectivity index (χ1) is 10.2. The van der Waals surface area contributed by atoms with E-state index in [0.29, 0.717) is 17.9 Å². The van der Waals surface area contributed by atoms with Crippen LogP contribution in [-0.2, 0) is 14.3 Å². The van der Waals surface area contributed by atoms with Crippen molar-refractivity contribution in [3.8, 4) is 0 Å². The highest BCUT2D eigenvalue weighted by molar-refractivity contribution is 5.98. The number of hydrogen-bond donors (Lipinski definition) is 0. The van der Waals surface area contributed by atoms with Crippen LogP contribution in [0.25, 0.3) is 0 Å². The molecule has 0 N–H and O–H groups in total. The molecule has 2 aliphatic heterocycles. The topological polar surface area (TPSA) is 46.6 Å². The lowest BCUT2D eigenvalue weighted by Crippen LogP contribution is -2.55. The van der Waals surface area contributed by atoms with Gasteiger partial charge in [-0.25, -0.2) is 0 Å². The van der Waals surface area contributed by atoms with Crippen LogP contribution in [0.4, 0.5) is 0 Å². The van der Waals surface area contributed by atoms with Gasteiger partial charge in [0, 0.05) is 23.8 Å². The minimum Gasteiger partial charge on any atom is -0.344 e. The first-order valence-electron chi connectivity index (χ1n) is 8.74. The van der Waals surface area contributed by atoms with Gasteiger partial charge in [-0.05, 0) is 25.7 Å². The van der Waals surface area contributed by atoms with E-state index in [2.05, 4.69) is 11.8 Å². The van der Waals surface area contributed by atoms with Crippen LogP contribution in [-0.4, -0.2) is 34.5 Å². The Morgan fingerprint density at radius 1 is 1.24 bits per heavy atom. The summed E-state index contributed by atoms with van der Waals surface area (Å²) in [5, 5.41) is 0. The van der Waals surface area contributed by atoms with Crippen molar-refractivity contribution in [2.75, 3.05) is 0 Å². The first kappa shape index (κ1) is 12.6. The molecule has 3 aliphatic carbocycles. The number of ketones is 1. The molecule has 1 amide bonds. The van der Waals surface area contributed by atoms with Gasteiger partial charge >= 0.3 is 0 Å². The molecule has 5 rings (SSSR count). The summed E-state index contributed by atoms with van der Waals surface area (Å²) < 4.78 is 6.37. The highest BCUT2D eigenvalue weighted by Gasteiger charge is 2.78. The number of fused-ring (bicyclic) bond motifs is 2. The SMILES string of the molecule is CCC12OC3C(=O)C4CC3C1C4C(=O)N2C1CCCCC1. The van der Waals surface area contributed by atoms with Gasteiger partial charge in [-0.2, -0.15) is 0 Å². The van der Waals surface area contributed by atoms with Gasteiger partial charge in [0.05, 0.1) is 5.92 Å². The summed E-state index contributed by atoms with van der Waals surface area (Å²) >= 11 is 0. The Kier molecular flexibility index (Phi) is 2.34. The predicted molar refractivity (Wildman–Crippen MR) is 75.2 cm³/mol. The summed E-state index contributed by atoms with van der Waals surface area (Å²) in [5.74, 6) is 1.01. The van der Waals surface area contributed by atoms with Crippen molar-refractivity contribution in [3.05, 3.63) is 0 Å². The van der Waals surface area contributed by atoms with Gasteiger partial charge in [0.2, 0.25) is 5.91 Å². The summed E-state index contributed by atoms with van der Waals surface area (Å²) in [6.07, 6.45) is 7.51. The summed E-state index contributed by atoms with van der Waals surface area (Å²) in [7, 11) is 0. The van der Waals surface area contributed by atoms with Gasteiger partial charge in [0.1, 0.15) is 11.8 Å². The minimum absolute atomic E-state index is 0.0282. The van der Waals surface area contributed by atoms with E-state index in [9.17, 15) is 9.59 Å². The molecular formula is C17H23NO3. The van der Waals surface area contributed by atoms with Crippen molar-refractivity contribution in [2.45, 2.75) is 69.7 Å². The molecule has 21 heavy (non-hydrogen) atoms. The number of carbonyl (C=O) groups excluding carboxylic acids is 2. The van der Waals surface area contributed by atoms with Crippen LogP contribution >= 0.6 is 0 Å². The van der Waals surface area contributed by atoms with Crippen LogP contribution in [0.2, 0.25) is 0 Å². The van der Waals surface area contributed by atoms with Crippen LogP contribution in [0, 0.1) is 23.7 Å². The van der Waals surface area contributed by atoms with Crippen LogP contribution in [0.15, 0.2) is 0 Å². The number of nitrogens with zero attached hydrogens (tertiary/aromatic N) is 1. The molecule has 0 radical (unpaired) electrons. The van der Waals surface area contributed by atoms with Gasteiger partial charge < -0.3 is 9.64 Å². The second-order valence-electron chi connectivity index (χ2n) is 7.70. The van der Waals surface area contributed by atoms with E-state index in [4.69, 9.17) is 4.74 Å². The van der Waals surface area contributed by atoms with E-state index in [0.717, 1.165) is 25.7 Å². The molecule has 2 bridgehead atoms. The normalized spacial score (nSPS) is 51.5. The Bertz CT molecular complexity index is 526. The number of carbonyl (C=O) groups is 2. The largest absolute Gasteiger partial charge is 0.344 e. The lowest BCUT2D eigenvalue weighted by molar-refractivity contribution is -0.180. The van der Waals surface area contributed by atoms with Crippen molar-refractivity contribution in [3.63, 3.8) is 0 Å². The monoisotopic (exact) mass is 289 g/mol. The number of ether oxygens (including phenoxy) is 1. The van der Waals surface area contributed by atoms with Crippen molar-refractivity contribution in [1.82, 2.24) is 4.90 Å². The zero-order chi connectivity index (χ0) is 14.4. The van der Waals surface area contributed by atoms with Gasteiger partial charge in [0.15, 0.2) is 5.78 Å². The van der Waals surface area contributed by atoms with Gasteiger partial charge in [-0.3, -0.25) is 9.59 Å². The van der Waals surface area contributed by atoms with E-state index < -0.39 is 5.72 Å². The third-order valence-corrected chi connectivity index (χ3v) is 7.07. The van der Waals surface area contributed by atoms with E-state index >= 15 is 0 Å². The maximum Gasteiger partial charge on any atom is 0.229 e. The average Bonchev–Trinajstić information content (AvgIpc) is 3.16. The van der Waals surface area contributed by atoms with Crippen molar-refractivity contribution in [2.24, 2.45) is 23.7 Å². The molecule has 4 nitrogen and oxygen atoms in total. The summed E-state index contributed by atoms with van der Waals surface area (Å²) in [4.78, 5) is 27.7. The number of amides is 1. The zero-order valence-corrected chi connectivity index (χ0v) is 12.6. The van der Waals surface area contributed by atoms with Crippen molar-refractivity contribution in [1.29, 1.82) is 0 Å². The van der Waals surface area contributed by atoms with Crippen LogP contribution in [0.1, 0.15) is 51.9 Å². The van der Waals surface area contributed by atoms with Gasteiger partial charge in [0.25, 0.3) is 0 Å². The fourth-order valence-corrected chi connectivity index (χ4v) is 6.40. The quantitative estimate of drug-likeness (QED) is 0.782. The highest BCUT2D eigenvalue weighted by Crippen LogP contribution is 2.67. The molecule has 0 spiro atoms. The summed E-state index contributed by atoms with van der Waals surface area (Å²) in [6, 6.07) is 0.352. The number of hydrogen-bond acceptors (Lipinski definition) is 3. The Morgan fingerprint density at radius 3 is 2.71 bits per heavy atom. The van der Waals surface area contributed by atoms with Gasteiger partial charge in [-0.15, -0.1) is 0 Å². The van der Waals surface area contributed by atoms with E-state index in [1.165, 1.54) is 19.3 Å². The third-order valence-electron chi connectivity index (χ3n) is 7.07. The lowest BCUT2D eigenvalue weighted by atomic mass is 9.77. The van der Waals surface area contributed by atoms with Crippen LogP contribution in [0.3, 0.4) is 0 Å². The first-order valence-corrected chi connectivity index (χ1v) is 8.74. The van der Waals surface area contributed by atoms with Crippen LogP contribution in [0.5, 0.6) is 0 Å². The fraction of sp³-hybridized carbons (Fsp3) is 0.882. The molecule has 6 unspecified atom stereocenters.